The van der Waals surface area contributed by atoms with Crippen LogP contribution in [0.2, 0.25) is 0 Å². The molecule has 0 aromatic carbocycles. The lowest BCUT2D eigenvalue weighted by Gasteiger charge is -2.38. The molecule has 0 aromatic heterocycles. The molecular formula is C77H136N12O15. The Bertz CT molecular complexity index is 2770. The van der Waals surface area contributed by atoms with Crippen molar-refractivity contribution in [2.24, 2.45) is 35.5 Å². The van der Waals surface area contributed by atoms with Gasteiger partial charge in [0.05, 0.1) is 51.5 Å². The van der Waals surface area contributed by atoms with Crippen LogP contribution in [0.5, 0.6) is 0 Å². The van der Waals surface area contributed by atoms with E-state index in [9.17, 15) is 24.6 Å². The van der Waals surface area contributed by atoms with Gasteiger partial charge in [0.1, 0.15) is 48.3 Å². The van der Waals surface area contributed by atoms with Crippen molar-refractivity contribution in [1.82, 2.24) is 60.5 Å². The quantitative estimate of drug-likeness (QED) is 0.0712. The number of aliphatic hydroxyl groups excluding tert-OH is 2. The maximum Gasteiger partial charge on any atom is 0.248 e. The molecule has 0 aromatic rings. The molecule has 27 nitrogen and oxygen atoms in total. The Morgan fingerprint density at radius 3 is 1.43 bits per heavy atom. The molecule has 4 aliphatic rings. The summed E-state index contributed by atoms with van der Waals surface area (Å²) in [4.78, 5) is 192. The van der Waals surface area contributed by atoms with Crippen LogP contribution >= 0.6 is 0 Å². The highest BCUT2D eigenvalue weighted by Gasteiger charge is 2.44. The third-order valence-electron chi connectivity index (χ3n) is 21.8. The summed E-state index contributed by atoms with van der Waals surface area (Å²) >= 11 is 0. The molecule has 11 atom stereocenters. The highest BCUT2D eigenvalue weighted by atomic mass is 16.5. The van der Waals surface area contributed by atoms with Crippen molar-refractivity contribution >= 4 is 70.9 Å². The molecule has 12 amide bonds. The van der Waals surface area contributed by atoms with Gasteiger partial charge in [0.15, 0.2) is 0 Å². The molecule has 6 N–H and O–H groups in total. The molecule has 2 heterocycles. The number of nitrogens with zero attached hydrogens (tertiary/aromatic N) is 8. The average molecular weight is 1470 g/mol. The number of carbonyl (C=O) groups is 12. The lowest BCUT2D eigenvalue weighted by Crippen LogP contribution is -2.62. The second-order valence-corrected chi connectivity index (χ2v) is 31.7. The van der Waals surface area contributed by atoms with Crippen molar-refractivity contribution in [1.29, 1.82) is 0 Å². The van der Waals surface area contributed by atoms with Gasteiger partial charge in [-0.3, -0.25) is 57.5 Å². The van der Waals surface area contributed by atoms with E-state index in [1.165, 1.54) is 76.5 Å². The van der Waals surface area contributed by atoms with Crippen LogP contribution in [-0.2, 0) is 62.3 Å². The SMILES string of the molecule is CCCCN1CC(=O)N(C)[C@@H](CC2CCCCC2)C(=O)N[C@@H]([C@@H](C)CC)C(=O)N(C)[C@@H](CC(C)C)C(=O)N[C@@H](C(C)O)C(=O)N(CCC)CC(=O)N(C)[C@@H](CC2CCCCC2)C(=O)N(C)[C@@H](CC(C)C)C(=O)N[C@@H](COCCO)CC(=O)N(C)[C@@H](CC(C)C)C(=O)N[C@H](C(=O)N2CCCCC2)CC1=O. The minimum Gasteiger partial charge on any atom is -0.394 e. The molecule has 1 unspecified atom stereocenters. The van der Waals surface area contributed by atoms with Gasteiger partial charge in [-0.1, -0.05) is 146 Å². The van der Waals surface area contributed by atoms with Gasteiger partial charge in [0.2, 0.25) is 70.9 Å². The van der Waals surface area contributed by atoms with Crippen molar-refractivity contribution in [2.45, 2.75) is 291 Å². The van der Waals surface area contributed by atoms with Gasteiger partial charge in [-0.25, -0.2) is 0 Å². The summed E-state index contributed by atoms with van der Waals surface area (Å²) < 4.78 is 5.79. The normalized spacial score (nSPS) is 26.4. The van der Waals surface area contributed by atoms with E-state index in [-0.39, 0.29) is 94.6 Å². The van der Waals surface area contributed by atoms with Crippen LogP contribution in [0.1, 0.15) is 230 Å². The third kappa shape index (κ3) is 27.7. The Hall–Kier alpha value is -6.48. The lowest BCUT2D eigenvalue weighted by atomic mass is 9.84. The summed E-state index contributed by atoms with van der Waals surface area (Å²) in [6, 6.07) is -11.3. The summed E-state index contributed by atoms with van der Waals surface area (Å²) in [6.07, 6.45) is 11.3. The average Bonchev–Trinajstić information content (AvgIpc) is 0.822. The van der Waals surface area contributed by atoms with Gasteiger partial charge >= 0.3 is 0 Å². The molecule has 2 aliphatic carbocycles. The van der Waals surface area contributed by atoms with E-state index in [1.807, 2.05) is 55.4 Å². The number of likely N-dealkylation sites (N-methyl/N-ethyl adjacent to an activating group) is 5. The lowest BCUT2D eigenvalue weighted by molar-refractivity contribution is -0.151. The van der Waals surface area contributed by atoms with Gasteiger partial charge in [-0.15, -0.1) is 0 Å². The van der Waals surface area contributed by atoms with Gasteiger partial charge in [0.25, 0.3) is 0 Å². The first-order valence-corrected chi connectivity index (χ1v) is 39.4. The van der Waals surface area contributed by atoms with Crippen LogP contribution in [0.15, 0.2) is 0 Å². The molecule has 2 saturated heterocycles. The van der Waals surface area contributed by atoms with Crippen LogP contribution in [0.25, 0.3) is 0 Å². The van der Waals surface area contributed by atoms with Crippen molar-refractivity contribution in [2.75, 3.05) is 94.3 Å². The van der Waals surface area contributed by atoms with Crippen LogP contribution in [0, 0.1) is 35.5 Å². The molecular weight excluding hydrogens is 1330 g/mol. The Morgan fingerprint density at radius 2 is 0.933 bits per heavy atom. The van der Waals surface area contributed by atoms with Crippen LogP contribution in [0.3, 0.4) is 0 Å². The van der Waals surface area contributed by atoms with Crippen molar-refractivity contribution < 1.29 is 72.5 Å². The van der Waals surface area contributed by atoms with Gasteiger partial charge in [-0.2, -0.15) is 0 Å². The summed E-state index contributed by atoms with van der Waals surface area (Å²) in [6.45, 7) is 19.0. The number of amides is 12. The molecule has 0 spiro atoms. The number of hydrogen-bond donors (Lipinski definition) is 6. The summed E-state index contributed by atoms with van der Waals surface area (Å²) in [5.41, 5.74) is 0. The zero-order valence-corrected chi connectivity index (χ0v) is 66.4. The van der Waals surface area contributed by atoms with E-state index >= 15 is 43.2 Å². The molecule has 594 valence electrons. The van der Waals surface area contributed by atoms with Crippen LogP contribution < -0.4 is 21.3 Å². The fourth-order valence-electron chi connectivity index (χ4n) is 15.0. The number of piperidine rings is 1. The fraction of sp³-hybridized carbons (Fsp3) is 0.844. The summed E-state index contributed by atoms with van der Waals surface area (Å²) in [5, 5.41) is 33.0. The molecule has 2 aliphatic heterocycles. The Morgan fingerprint density at radius 1 is 0.481 bits per heavy atom. The van der Waals surface area contributed by atoms with Crippen molar-refractivity contribution in [3.8, 4) is 0 Å². The first-order chi connectivity index (χ1) is 49.2. The second-order valence-electron chi connectivity index (χ2n) is 31.7. The number of likely N-dealkylation sites (tertiary alicyclic amines) is 1. The van der Waals surface area contributed by atoms with E-state index < -0.39 is 163 Å². The number of nitrogens with one attached hydrogen (secondary N) is 4. The topological polar surface area (TPSA) is 329 Å². The second kappa shape index (κ2) is 45.2. The highest BCUT2D eigenvalue weighted by molar-refractivity contribution is 5.99. The zero-order valence-electron chi connectivity index (χ0n) is 66.4. The molecule has 2 saturated carbocycles. The van der Waals surface area contributed by atoms with E-state index in [0.29, 0.717) is 51.6 Å². The Kier molecular flexibility index (Phi) is 39.1. The summed E-state index contributed by atoms with van der Waals surface area (Å²) in [5.74, 6) is -8.66. The standard InChI is InChI=1S/C77H136N12O15/c1-17-20-35-88-47-66(94)83(13)62(43-55-30-24-21-25-31-55)73(99)80-68(53(10)19-3)76(102)86(16)61(42-52(8)9)72(98)81-69(54(11)91)77(103)89(34-18-2)48-67(95)84(14)63(44-56-32-26-22-27-33-56)75(101)85(15)60(41-51(6)7)70(96)78-57(49-104-39-38-90)45-64(92)82(12)59(40-50(4)5)71(97)79-58(46-65(88)93)74(100)87-36-28-23-29-37-87/h50-63,68-69,90-91H,17-49H2,1-16H3,(H,78,96)(H,79,97)(H,80,99)(H,81,98)/t53-,54?,57+,58-,59-,60-,61-,62-,63-,68-,69-/m0/s1. The maximum absolute atomic E-state index is 15.5. The largest absolute Gasteiger partial charge is 0.394 e. The number of carbonyl (C=O) groups excluding carboxylic acids is 12. The van der Waals surface area contributed by atoms with Crippen LogP contribution in [-0.4, -0.2) is 275 Å². The maximum atomic E-state index is 15.5. The first kappa shape index (κ1) is 89.9. The van der Waals surface area contributed by atoms with E-state index in [0.717, 1.165) is 70.6 Å². The number of unbranched alkanes of at least 4 members (excludes halogenated alkanes) is 1. The van der Waals surface area contributed by atoms with Gasteiger partial charge in [0, 0.05) is 67.8 Å². The minimum atomic E-state index is -1.62. The molecule has 0 radical (unpaired) electrons. The fourth-order valence-corrected chi connectivity index (χ4v) is 15.0. The monoisotopic (exact) mass is 1470 g/mol. The van der Waals surface area contributed by atoms with Crippen molar-refractivity contribution in [3.05, 3.63) is 0 Å². The first-order valence-electron chi connectivity index (χ1n) is 39.4. The number of rotatable bonds is 23. The third-order valence-corrected chi connectivity index (χ3v) is 21.8. The Labute approximate surface area is 621 Å². The molecule has 104 heavy (non-hydrogen) atoms. The minimum absolute atomic E-state index is 0.00449. The van der Waals surface area contributed by atoms with Crippen molar-refractivity contribution in [3.63, 3.8) is 0 Å². The smallest absolute Gasteiger partial charge is 0.248 e. The number of hydrogen-bond acceptors (Lipinski definition) is 15. The molecule has 4 rings (SSSR count). The highest BCUT2D eigenvalue weighted by Crippen LogP contribution is 2.32. The summed E-state index contributed by atoms with van der Waals surface area (Å²) in [7, 11) is 7.39. The van der Waals surface area contributed by atoms with Crippen LogP contribution in [0.4, 0.5) is 0 Å². The zero-order chi connectivity index (χ0) is 77.7. The molecule has 4 fully saturated rings. The van der Waals surface area contributed by atoms with E-state index in [1.54, 1.807) is 18.7 Å². The Balaban J connectivity index is 1.98. The predicted octanol–water partition coefficient (Wildman–Crippen LogP) is 5.25. The number of aliphatic hydroxyl groups is 2. The van der Waals surface area contributed by atoms with E-state index in [2.05, 4.69) is 21.3 Å². The predicted molar refractivity (Wildman–Crippen MR) is 398 cm³/mol. The number of ether oxygens (including phenoxy) is 1. The van der Waals surface area contributed by atoms with Gasteiger partial charge < -0.3 is 75.4 Å². The molecule has 0 bridgehead atoms. The van der Waals surface area contributed by atoms with E-state index in [4.69, 9.17) is 4.74 Å². The van der Waals surface area contributed by atoms with Gasteiger partial charge in [-0.05, 0) is 107 Å². The molecule has 27 heteroatoms.